The number of aromatic nitrogens is 1. The molecular formula is C36H21NOS. The molecule has 0 aliphatic heterocycles. The zero-order chi connectivity index (χ0) is 25.5. The van der Waals surface area contributed by atoms with Gasteiger partial charge in [-0.3, -0.25) is 0 Å². The Hall–Kier alpha value is -4.86. The molecule has 3 heteroatoms. The van der Waals surface area contributed by atoms with Gasteiger partial charge in [0.1, 0.15) is 5.58 Å². The Balaban J connectivity index is 1.50. The number of benzene rings is 6. The fraction of sp³-hybridized carbons (Fsp3) is 0. The summed E-state index contributed by atoms with van der Waals surface area (Å²) >= 11 is 1.89. The van der Waals surface area contributed by atoms with Crippen molar-refractivity contribution in [1.82, 2.24) is 4.57 Å². The van der Waals surface area contributed by atoms with Crippen molar-refractivity contribution in [1.29, 1.82) is 0 Å². The molecule has 0 aliphatic carbocycles. The molecule has 2 nitrogen and oxygen atoms in total. The maximum Gasteiger partial charge on any atom is 0.160 e. The molecule has 0 atom stereocenters. The molecule has 3 heterocycles. The average molecular weight is 516 g/mol. The molecule has 6 aromatic carbocycles. The maximum absolute atomic E-state index is 6.76. The van der Waals surface area contributed by atoms with Gasteiger partial charge < -0.3 is 8.98 Å². The van der Waals surface area contributed by atoms with Crippen LogP contribution in [0.15, 0.2) is 132 Å². The van der Waals surface area contributed by atoms with E-state index in [0.29, 0.717) is 0 Å². The number of nitrogens with zero attached hydrogens (tertiary/aromatic N) is 1. The molecule has 0 saturated heterocycles. The standard InChI is InChI=1S/C36H21NOS/c1-2-10-22(11-3-1)23-18-20-24(21-19-23)37-28-15-7-4-12-25(28)33-34(37)35-31(26-13-5-8-16-29(26)38-35)32-27-14-6-9-17-30(27)39-36(32)33/h1-21H. The second-order valence-electron chi connectivity index (χ2n) is 10.1. The maximum atomic E-state index is 6.76. The Labute approximate surface area is 227 Å². The Kier molecular flexibility index (Phi) is 4.24. The first-order valence-electron chi connectivity index (χ1n) is 13.2. The molecular weight excluding hydrogens is 494 g/mol. The summed E-state index contributed by atoms with van der Waals surface area (Å²) in [7, 11) is 0. The van der Waals surface area contributed by atoms with E-state index in [9.17, 15) is 0 Å². The summed E-state index contributed by atoms with van der Waals surface area (Å²) in [6, 6.07) is 45.4. The van der Waals surface area contributed by atoms with Gasteiger partial charge in [-0.05, 0) is 41.5 Å². The molecule has 0 radical (unpaired) electrons. The first-order chi connectivity index (χ1) is 19.4. The summed E-state index contributed by atoms with van der Waals surface area (Å²) in [5.74, 6) is 0. The van der Waals surface area contributed by atoms with Crippen molar-refractivity contribution in [3.05, 3.63) is 127 Å². The molecule has 0 unspecified atom stereocenters. The van der Waals surface area contributed by atoms with Gasteiger partial charge in [0, 0.05) is 47.4 Å². The van der Waals surface area contributed by atoms with Crippen LogP contribution in [0.3, 0.4) is 0 Å². The highest BCUT2D eigenvalue weighted by Gasteiger charge is 2.25. The van der Waals surface area contributed by atoms with Gasteiger partial charge in [-0.2, -0.15) is 0 Å². The van der Waals surface area contributed by atoms with E-state index >= 15 is 0 Å². The molecule has 0 N–H and O–H groups in total. The zero-order valence-electron chi connectivity index (χ0n) is 20.9. The van der Waals surface area contributed by atoms with E-state index in [1.54, 1.807) is 0 Å². The average Bonchev–Trinajstić information content (AvgIpc) is 3.67. The van der Waals surface area contributed by atoms with Crippen molar-refractivity contribution in [2.45, 2.75) is 0 Å². The predicted molar refractivity (Wildman–Crippen MR) is 166 cm³/mol. The SMILES string of the molecule is c1ccc(-c2ccc(-n3c4ccccc4c4c5sc6ccccc6c5c5c6ccccc6oc5c43)cc2)cc1. The third-order valence-corrected chi connectivity index (χ3v) is 9.18. The van der Waals surface area contributed by atoms with Crippen molar-refractivity contribution < 1.29 is 4.42 Å². The largest absolute Gasteiger partial charge is 0.454 e. The number of hydrogen-bond donors (Lipinski definition) is 0. The van der Waals surface area contributed by atoms with Crippen molar-refractivity contribution >= 4 is 75.3 Å². The molecule has 0 saturated carbocycles. The van der Waals surface area contributed by atoms with E-state index in [0.717, 1.165) is 22.4 Å². The first kappa shape index (κ1) is 21.1. The fourth-order valence-corrected chi connectivity index (χ4v) is 7.59. The topological polar surface area (TPSA) is 18.1 Å². The lowest BCUT2D eigenvalue weighted by Gasteiger charge is -2.10. The lowest BCUT2D eigenvalue weighted by Crippen LogP contribution is -1.94. The third kappa shape index (κ3) is 2.85. The van der Waals surface area contributed by atoms with Crippen LogP contribution in [0.4, 0.5) is 0 Å². The molecule has 3 aromatic heterocycles. The smallest absolute Gasteiger partial charge is 0.160 e. The van der Waals surface area contributed by atoms with Crippen LogP contribution in [0.25, 0.3) is 80.7 Å². The Morgan fingerprint density at radius 2 is 1.18 bits per heavy atom. The Bertz CT molecular complexity index is 2370. The molecule has 9 rings (SSSR count). The Morgan fingerprint density at radius 3 is 2.03 bits per heavy atom. The van der Waals surface area contributed by atoms with Crippen LogP contribution in [0.1, 0.15) is 0 Å². The van der Waals surface area contributed by atoms with Gasteiger partial charge in [-0.1, -0.05) is 97.1 Å². The van der Waals surface area contributed by atoms with Crippen molar-refractivity contribution in [3.63, 3.8) is 0 Å². The normalized spacial score (nSPS) is 12.1. The summed E-state index contributed by atoms with van der Waals surface area (Å²) in [6.07, 6.45) is 0. The van der Waals surface area contributed by atoms with E-state index in [1.165, 1.54) is 58.4 Å². The molecule has 0 spiro atoms. The summed E-state index contributed by atoms with van der Waals surface area (Å²) in [6.45, 7) is 0. The summed E-state index contributed by atoms with van der Waals surface area (Å²) in [5.41, 5.74) is 7.75. The van der Waals surface area contributed by atoms with Crippen molar-refractivity contribution in [2.75, 3.05) is 0 Å². The van der Waals surface area contributed by atoms with Crippen LogP contribution in [-0.2, 0) is 0 Å². The minimum absolute atomic E-state index is 0.924. The number of rotatable bonds is 2. The lowest BCUT2D eigenvalue weighted by molar-refractivity contribution is 0.671. The summed E-state index contributed by atoms with van der Waals surface area (Å²) in [5, 5.41) is 7.47. The second-order valence-corrected chi connectivity index (χ2v) is 11.1. The van der Waals surface area contributed by atoms with Crippen LogP contribution in [0, 0.1) is 0 Å². The van der Waals surface area contributed by atoms with Gasteiger partial charge in [-0.25, -0.2) is 0 Å². The van der Waals surface area contributed by atoms with E-state index in [1.807, 2.05) is 11.3 Å². The molecule has 182 valence electrons. The molecule has 39 heavy (non-hydrogen) atoms. The first-order valence-corrected chi connectivity index (χ1v) is 14.0. The number of thiophene rings is 1. The quantitative estimate of drug-likeness (QED) is 0.224. The van der Waals surface area contributed by atoms with Crippen LogP contribution in [0.2, 0.25) is 0 Å². The van der Waals surface area contributed by atoms with Gasteiger partial charge in [0.25, 0.3) is 0 Å². The van der Waals surface area contributed by atoms with Gasteiger partial charge >= 0.3 is 0 Å². The van der Waals surface area contributed by atoms with E-state index in [4.69, 9.17) is 4.42 Å². The van der Waals surface area contributed by atoms with Crippen molar-refractivity contribution in [3.8, 4) is 16.8 Å². The number of fused-ring (bicyclic) bond motifs is 12. The van der Waals surface area contributed by atoms with Crippen molar-refractivity contribution in [2.24, 2.45) is 0 Å². The van der Waals surface area contributed by atoms with E-state index in [2.05, 4.69) is 132 Å². The highest BCUT2D eigenvalue weighted by Crippen LogP contribution is 2.50. The monoisotopic (exact) mass is 515 g/mol. The molecule has 0 aliphatic rings. The van der Waals surface area contributed by atoms with Gasteiger partial charge in [0.05, 0.1) is 11.0 Å². The number of hydrogen-bond acceptors (Lipinski definition) is 2. The highest BCUT2D eigenvalue weighted by molar-refractivity contribution is 7.27. The van der Waals surface area contributed by atoms with E-state index < -0.39 is 0 Å². The number of para-hydroxylation sites is 2. The minimum atomic E-state index is 0.924. The van der Waals surface area contributed by atoms with Crippen LogP contribution in [0.5, 0.6) is 0 Å². The molecule has 0 amide bonds. The zero-order valence-corrected chi connectivity index (χ0v) is 21.7. The van der Waals surface area contributed by atoms with Crippen LogP contribution < -0.4 is 0 Å². The summed E-state index contributed by atoms with van der Waals surface area (Å²) in [4.78, 5) is 0. The van der Waals surface area contributed by atoms with Gasteiger partial charge in [-0.15, -0.1) is 11.3 Å². The van der Waals surface area contributed by atoms with Gasteiger partial charge in [0.2, 0.25) is 0 Å². The molecule has 0 fully saturated rings. The lowest BCUT2D eigenvalue weighted by atomic mass is 10.0. The number of furan rings is 1. The molecule has 0 bridgehead atoms. The van der Waals surface area contributed by atoms with Crippen LogP contribution >= 0.6 is 11.3 Å². The highest BCUT2D eigenvalue weighted by atomic mass is 32.1. The predicted octanol–water partition coefficient (Wildman–Crippen LogP) is 10.7. The minimum Gasteiger partial charge on any atom is -0.454 e. The molecule has 9 aromatic rings. The summed E-state index contributed by atoms with van der Waals surface area (Å²) < 4.78 is 11.8. The van der Waals surface area contributed by atoms with Gasteiger partial charge in [0.15, 0.2) is 5.58 Å². The Morgan fingerprint density at radius 1 is 0.513 bits per heavy atom. The third-order valence-electron chi connectivity index (χ3n) is 7.99. The van der Waals surface area contributed by atoms with Crippen LogP contribution in [-0.4, -0.2) is 4.57 Å². The van der Waals surface area contributed by atoms with E-state index in [-0.39, 0.29) is 0 Å². The fourth-order valence-electron chi connectivity index (χ4n) is 6.32. The second kappa shape index (κ2) is 7.83.